The zero-order chi connectivity index (χ0) is 24.1. The first-order chi connectivity index (χ1) is 16.4. The van der Waals surface area contributed by atoms with Crippen LogP contribution in [0.4, 0.5) is 5.69 Å². The Morgan fingerprint density at radius 3 is 2.59 bits per heavy atom. The van der Waals surface area contributed by atoms with Crippen LogP contribution < -0.4 is 9.64 Å². The van der Waals surface area contributed by atoms with Gasteiger partial charge in [0.05, 0.1) is 23.7 Å². The smallest absolute Gasteiger partial charge is 0.311 e. The van der Waals surface area contributed by atoms with Crippen LogP contribution in [0.15, 0.2) is 48.6 Å². The van der Waals surface area contributed by atoms with Crippen molar-refractivity contribution in [2.45, 2.75) is 28.9 Å². The summed E-state index contributed by atoms with van der Waals surface area (Å²) < 4.78 is 9.08. The fourth-order valence-electron chi connectivity index (χ4n) is 5.83. The van der Waals surface area contributed by atoms with E-state index in [4.69, 9.17) is 9.47 Å². The number of hydrogen-bond acceptors (Lipinski definition) is 7. The SMILES string of the molecule is COc1ccc(N2CC=C[C@]34S[C@@]5(C)C=CCOC(=O)[C@H]5[C@H]3C(=O)N(CCCO)C4C2=O)cc1. The molecule has 34 heavy (non-hydrogen) atoms. The molecule has 1 aromatic rings. The highest BCUT2D eigenvalue weighted by molar-refractivity contribution is 8.02. The van der Waals surface area contributed by atoms with Crippen LogP contribution in [0.3, 0.4) is 0 Å². The monoisotopic (exact) mass is 484 g/mol. The molecule has 2 amide bonds. The first-order valence-electron chi connectivity index (χ1n) is 11.5. The van der Waals surface area contributed by atoms with Crippen LogP contribution in [0.5, 0.6) is 5.75 Å². The number of fused-ring (bicyclic) bond motifs is 2. The number of amides is 2. The number of ether oxygens (including phenoxy) is 2. The quantitative estimate of drug-likeness (QED) is 0.503. The summed E-state index contributed by atoms with van der Waals surface area (Å²) in [7, 11) is 1.58. The molecule has 0 bridgehead atoms. The van der Waals surface area contributed by atoms with Gasteiger partial charge in [-0.1, -0.05) is 18.2 Å². The molecule has 1 spiro atoms. The molecule has 2 saturated heterocycles. The molecule has 1 aromatic carbocycles. The van der Waals surface area contributed by atoms with Crippen molar-refractivity contribution in [2.24, 2.45) is 11.8 Å². The van der Waals surface area contributed by atoms with E-state index in [1.807, 2.05) is 43.4 Å². The van der Waals surface area contributed by atoms with Crippen LogP contribution in [0.1, 0.15) is 13.3 Å². The number of anilines is 1. The van der Waals surface area contributed by atoms with Crippen LogP contribution in [0.2, 0.25) is 0 Å². The van der Waals surface area contributed by atoms with E-state index in [1.54, 1.807) is 29.0 Å². The number of aliphatic hydroxyl groups is 1. The van der Waals surface area contributed by atoms with Gasteiger partial charge < -0.3 is 24.4 Å². The second-order valence-corrected chi connectivity index (χ2v) is 11.0. The summed E-state index contributed by atoms with van der Waals surface area (Å²) in [6, 6.07) is 6.43. The Kier molecular flexibility index (Phi) is 5.72. The lowest BCUT2D eigenvalue weighted by atomic mass is 9.75. The summed E-state index contributed by atoms with van der Waals surface area (Å²) >= 11 is 1.51. The van der Waals surface area contributed by atoms with Crippen molar-refractivity contribution in [3.8, 4) is 5.75 Å². The normalized spacial score (nSPS) is 34.3. The Hall–Kier alpha value is -2.78. The van der Waals surface area contributed by atoms with Gasteiger partial charge >= 0.3 is 5.97 Å². The molecule has 0 aliphatic carbocycles. The number of cyclic esters (lactones) is 1. The average molecular weight is 485 g/mol. The average Bonchev–Trinajstić information content (AvgIpc) is 3.08. The van der Waals surface area contributed by atoms with Gasteiger partial charge in [0.25, 0.3) is 5.91 Å². The van der Waals surface area contributed by atoms with Gasteiger partial charge in [-0.05, 0) is 43.7 Å². The van der Waals surface area contributed by atoms with Crippen LogP contribution in [0.25, 0.3) is 0 Å². The van der Waals surface area contributed by atoms with Gasteiger partial charge in [0.1, 0.15) is 18.4 Å². The largest absolute Gasteiger partial charge is 0.497 e. The molecule has 1 N–H and O–H groups in total. The molecule has 4 aliphatic rings. The van der Waals surface area contributed by atoms with E-state index in [0.29, 0.717) is 24.4 Å². The van der Waals surface area contributed by atoms with Gasteiger partial charge in [0.15, 0.2) is 0 Å². The highest BCUT2D eigenvalue weighted by atomic mass is 32.2. The number of carbonyl (C=O) groups is 3. The van der Waals surface area contributed by atoms with Crippen LogP contribution in [-0.2, 0) is 19.1 Å². The summed E-state index contributed by atoms with van der Waals surface area (Å²) in [4.78, 5) is 44.3. The minimum absolute atomic E-state index is 0.0978. The highest BCUT2D eigenvalue weighted by Crippen LogP contribution is 2.65. The minimum atomic E-state index is -0.912. The molecule has 5 rings (SSSR count). The van der Waals surface area contributed by atoms with E-state index < -0.39 is 33.3 Å². The summed E-state index contributed by atoms with van der Waals surface area (Å²) in [5, 5.41) is 9.47. The van der Waals surface area contributed by atoms with Crippen molar-refractivity contribution < 1.29 is 29.0 Å². The molecule has 8 nitrogen and oxygen atoms in total. The lowest BCUT2D eigenvalue weighted by Crippen LogP contribution is -2.53. The predicted molar refractivity (Wildman–Crippen MR) is 127 cm³/mol. The van der Waals surface area contributed by atoms with Gasteiger partial charge in [-0.15, -0.1) is 11.8 Å². The van der Waals surface area contributed by atoms with Crippen molar-refractivity contribution in [3.63, 3.8) is 0 Å². The van der Waals surface area contributed by atoms with Crippen molar-refractivity contribution >= 4 is 35.2 Å². The summed E-state index contributed by atoms with van der Waals surface area (Å²) in [5.74, 6) is -1.58. The number of benzene rings is 1. The molecule has 0 aromatic heterocycles. The summed E-state index contributed by atoms with van der Waals surface area (Å²) in [6.07, 6.45) is 8.01. The number of hydrogen-bond donors (Lipinski definition) is 1. The molecule has 5 atom stereocenters. The summed E-state index contributed by atoms with van der Waals surface area (Å²) in [5.41, 5.74) is 0.702. The highest BCUT2D eigenvalue weighted by Gasteiger charge is 2.74. The Bertz CT molecular complexity index is 1070. The molecule has 1 unspecified atom stereocenters. The van der Waals surface area contributed by atoms with Crippen LogP contribution >= 0.6 is 11.8 Å². The van der Waals surface area contributed by atoms with Crippen LogP contribution in [-0.4, -0.2) is 76.7 Å². The molecular formula is C25H28N2O6S. The first-order valence-corrected chi connectivity index (χ1v) is 12.3. The molecule has 0 radical (unpaired) electrons. The fourth-order valence-corrected chi connectivity index (χ4v) is 7.98. The third kappa shape index (κ3) is 3.28. The number of likely N-dealkylation sites (tertiary alicyclic amines) is 1. The Morgan fingerprint density at radius 1 is 1.12 bits per heavy atom. The van der Waals surface area contributed by atoms with E-state index in [0.717, 1.165) is 0 Å². The van der Waals surface area contributed by atoms with E-state index >= 15 is 0 Å². The van der Waals surface area contributed by atoms with Crippen molar-refractivity contribution in [1.82, 2.24) is 4.90 Å². The van der Waals surface area contributed by atoms with Gasteiger partial charge in [-0.25, -0.2) is 0 Å². The summed E-state index contributed by atoms with van der Waals surface area (Å²) in [6.45, 7) is 2.62. The number of carbonyl (C=O) groups excluding carboxylic acids is 3. The standard InChI is InChI=1S/C25H28N2O6S/c1-24-10-4-15-33-23(31)19(24)18-21(29)27(13-5-14-28)20-22(30)26(12-3-11-25(18,20)34-24)16-6-8-17(32-2)9-7-16/h3-4,6-11,18-20,28H,5,12-15H2,1-2H3/t18-,19+,20?,24-,25-/m0/s1. The van der Waals surface area contributed by atoms with Gasteiger partial charge in [0.2, 0.25) is 5.91 Å². The molecule has 9 heteroatoms. The second-order valence-electron chi connectivity index (χ2n) is 9.19. The number of esters is 1. The molecule has 0 saturated carbocycles. The van der Waals surface area contributed by atoms with Gasteiger partial charge in [-0.2, -0.15) is 0 Å². The van der Waals surface area contributed by atoms with Gasteiger partial charge in [-0.3, -0.25) is 14.4 Å². The number of thioether (sulfide) groups is 1. The lowest BCUT2D eigenvalue weighted by Gasteiger charge is -2.36. The van der Waals surface area contributed by atoms with Crippen molar-refractivity contribution in [2.75, 3.05) is 38.3 Å². The maximum Gasteiger partial charge on any atom is 0.311 e. The van der Waals surface area contributed by atoms with Crippen molar-refractivity contribution in [3.05, 3.63) is 48.6 Å². The molecule has 180 valence electrons. The lowest BCUT2D eigenvalue weighted by molar-refractivity contribution is -0.152. The second kappa shape index (κ2) is 8.46. The third-order valence-corrected chi connectivity index (χ3v) is 9.05. The zero-order valence-electron chi connectivity index (χ0n) is 19.2. The number of nitrogens with zero attached hydrogens (tertiary/aromatic N) is 2. The van der Waals surface area contributed by atoms with E-state index in [9.17, 15) is 19.5 Å². The van der Waals surface area contributed by atoms with E-state index in [-0.39, 0.29) is 31.6 Å². The number of aliphatic hydroxyl groups excluding tert-OH is 1. The topological polar surface area (TPSA) is 96.4 Å². The maximum atomic E-state index is 14.1. The number of methoxy groups -OCH3 is 1. The molecule has 4 heterocycles. The minimum Gasteiger partial charge on any atom is -0.497 e. The van der Waals surface area contributed by atoms with Crippen molar-refractivity contribution in [1.29, 1.82) is 0 Å². The Labute approximate surface area is 202 Å². The van der Waals surface area contributed by atoms with Crippen LogP contribution in [0, 0.1) is 11.8 Å². The molecule has 2 fully saturated rings. The molecular weight excluding hydrogens is 456 g/mol. The predicted octanol–water partition coefficient (Wildman–Crippen LogP) is 1.78. The maximum absolute atomic E-state index is 14.1. The fraction of sp³-hybridized carbons (Fsp3) is 0.480. The molecule has 4 aliphatic heterocycles. The zero-order valence-corrected chi connectivity index (χ0v) is 20.0. The van der Waals surface area contributed by atoms with E-state index in [1.165, 1.54) is 11.8 Å². The first kappa shape index (κ1) is 23.0. The van der Waals surface area contributed by atoms with E-state index in [2.05, 4.69) is 0 Å². The Balaban J connectivity index is 1.61. The Morgan fingerprint density at radius 2 is 1.88 bits per heavy atom. The number of rotatable bonds is 5. The third-order valence-electron chi connectivity index (χ3n) is 7.25. The van der Waals surface area contributed by atoms with Gasteiger partial charge in [0, 0.05) is 30.1 Å².